The van der Waals surface area contributed by atoms with Crippen LogP contribution < -0.4 is 10.6 Å². The average molecular weight is 396 g/mol. The van der Waals surface area contributed by atoms with Crippen LogP contribution >= 0.6 is 0 Å². The summed E-state index contributed by atoms with van der Waals surface area (Å²) >= 11 is 0. The summed E-state index contributed by atoms with van der Waals surface area (Å²) < 4.78 is 23.5. The Labute approximate surface area is 161 Å². The van der Waals surface area contributed by atoms with Gasteiger partial charge >= 0.3 is 0 Å². The lowest BCUT2D eigenvalue weighted by molar-refractivity contribution is -0.116. The Kier molecular flexibility index (Phi) is 6.80. The molecule has 150 valence electrons. The molecule has 1 aliphatic rings. The summed E-state index contributed by atoms with van der Waals surface area (Å²) in [5.74, 6) is 1.11. The fraction of sp³-hybridized carbons (Fsp3) is 0.611. The van der Waals surface area contributed by atoms with Crippen molar-refractivity contribution in [3.63, 3.8) is 0 Å². The number of aliphatic imine (C=N–C) groups is 1. The third-order valence-electron chi connectivity index (χ3n) is 4.43. The average Bonchev–Trinajstić information content (AvgIpc) is 2.56. The van der Waals surface area contributed by atoms with Gasteiger partial charge in [0.1, 0.15) is 5.82 Å². The summed E-state index contributed by atoms with van der Waals surface area (Å²) in [6.07, 6.45) is 0.222. The lowest BCUT2D eigenvalue weighted by atomic mass is 10.2. The van der Waals surface area contributed by atoms with E-state index in [0.29, 0.717) is 38.0 Å². The van der Waals surface area contributed by atoms with Crippen LogP contribution in [0.4, 0.5) is 5.82 Å². The number of rotatable bonds is 5. The van der Waals surface area contributed by atoms with Gasteiger partial charge in [0.15, 0.2) is 15.8 Å². The van der Waals surface area contributed by atoms with E-state index in [1.165, 1.54) is 0 Å². The zero-order valence-corrected chi connectivity index (χ0v) is 17.3. The van der Waals surface area contributed by atoms with Gasteiger partial charge < -0.3 is 15.5 Å². The highest BCUT2D eigenvalue weighted by atomic mass is 32.2. The van der Waals surface area contributed by atoms with E-state index in [1.807, 2.05) is 30.9 Å². The van der Waals surface area contributed by atoms with E-state index in [0.717, 1.165) is 5.69 Å². The summed E-state index contributed by atoms with van der Waals surface area (Å²) in [4.78, 5) is 22.8. The van der Waals surface area contributed by atoms with Gasteiger partial charge in [0.25, 0.3) is 0 Å². The molecule has 9 heteroatoms. The number of aromatic nitrogens is 1. The Balaban J connectivity index is 1.96. The number of anilines is 1. The molecule has 1 aromatic heterocycles. The second-order valence-electron chi connectivity index (χ2n) is 7.20. The first-order valence-electron chi connectivity index (χ1n) is 9.14. The highest BCUT2D eigenvalue weighted by molar-refractivity contribution is 7.92. The van der Waals surface area contributed by atoms with Crippen LogP contribution in [0.25, 0.3) is 0 Å². The van der Waals surface area contributed by atoms with Crippen molar-refractivity contribution in [3.05, 3.63) is 23.9 Å². The molecule has 2 rings (SSSR count). The summed E-state index contributed by atoms with van der Waals surface area (Å²) in [5.41, 5.74) is 0.836. The van der Waals surface area contributed by atoms with Crippen molar-refractivity contribution in [1.82, 2.24) is 15.2 Å². The normalized spacial score (nSPS) is 18.8. The quantitative estimate of drug-likeness (QED) is 0.573. The van der Waals surface area contributed by atoms with Gasteiger partial charge in [-0.25, -0.2) is 13.4 Å². The zero-order valence-electron chi connectivity index (χ0n) is 16.4. The van der Waals surface area contributed by atoms with Gasteiger partial charge in [-0.15, -0.1) is 0 Å². The van der Waals surface area contributed by atoms with E-state index in [-0.39, 0.29) is 18.1 Å². The van der Waals surface area contributed by atoms with Crippen LogP contribution in [0.15, 0.2) is 23.2 Å². The third-order valence-corrected chi connectivity index (χ3v) is 6.97. The summed E-state index contributed by atoms with van der Waals surface area (Å²) in [6, 6.07) is 5.45. The molecule has 2 N–H and O–H groups in total. The lowest BCUT2D eigenvalue weighted by Crippen LogP contribution is -2.57. The zero-order chi connectivity index (χ0) is 20.1. The van der Waals surface area contributed by atoms with Crippen molar-refractivity contribution in [1.29, 1.82) is 0 Å². The van der Waals surface area contributed by atoms with Gasteiger partial charge in [0.05, 0.1) is 17.0 Å². The van der Waals surface area contributed by atoms with Gasteiger partial charge in [-0.1, -0.05) is 6.07 Å². The monoisotopic (exact) mass is 395 g/mol. The Bertz CT molecular complexity index is 805. The molecule has 1 saturated heterocycles. The molecular weight excluding hydrogens is 366 g/mol. The minimum Gasteiger partial charge on any atom is -0.357 e. The van der Waals surface area contributed by atoms with Crippen LogP contribution in [0.2, 0.25) is 0 Å². The number of amides is 1. The van der Waals surface area contributed by atoms with Gasteiger partial charge in [-0.05, 0) is 39.8 Å². The van der Waals surface area contributed by atoms with Crippen LogP contribution in [0.3, 0.4) is 0 Å². The molecule has 27 heavy (non-hydrogen) atoms. The SMILES string of the molecule is CCNC(=NCCC(=O)Nc1cccc(C)n1)N1CCS(=O)(=O)C(C)(C)C1. The molecule has 0 aliphatic carbocycles. The first-order chi connectivity index (χ1) is 12.6. The standard InChI is InChI=1S/C18H29N5O3S/c1-5-19-17(23-11-12-27(25,26)18(3,4)13-23)20-10-9-16(24)22-15-8-6-7-14(2)21-15/h6-8H,5,9-13H2,1-4H3,(H,19,20)(H,21,22,24). The molecule has 0 saturated carbocycles. The van der Waals surface area contributed by atoms with Crippen molar-refractivity contribution in [3.8, 4) is 0 Å². The Morgan fingerprint density at radius 3 is 2.74 bits per heavy atom. The van der Waals surface area contributed by atoms with Crippen molar-refractivity contribution >= 4 is 27.5 Å². The molecule has 0 aromatic carbocycles. The van der Waals surface area contributed by atoms with Crippen LogP contribution in [0.1, 0.15) is 32.9 Å². The fourth-order valence-electron chi connectivity index (χ4n) is 2.83. The number of nitrogens with zero attached hydrogens (tertiary/aromatic N) is 3. The highest BCUT2D eigenvalue weighted by Crippen LogP contribution is 2.23. The first kappa shape index (κ1) is 21.1. The number of hydrogen-bond acceptors (Lipinski definition) is 5. The minimum atomic E-state index is -3.11. The summed E-state index contributed by atoms with van der Waals surface area (Å²) in [6.45, 7) is 9.05. The van der Waals surface area contributed by atoms with Gasteiger partial charge in [-0.3, -0.25) is 9.79 Å². The predicted octanol–water partition coefficient (Wildman–Crippen LogP) is 1.19. The van der Waals surface area contributed by atoms with Crippen LogP contribution in [0, 0.1) is 6.92 Å². The maximum absolute atomic E-state index is 12.2. The summed E-state index contributed by atoms with van der Waals surface area (Å²) in [5, 5.41) is 5.94. The molecule has 0 spiro atoms. The Morgan fingerprint density at radius 2 is 2.11 bits per heavy atom. The first-order valence-corrected chi connectivity index (χ1v) is 10.8. The molecule has 1 amide bonds. The van der Waals surface area contributed by atoms with Gasteiger partial charge in [0, 0.05) is 31.7 Å². The largest absolute Gasteiger partial charge is 0.357 e. The van der Waals surface area contributed by atoms with Crippen molar-refractivity contribution in [2.75, 3.05) is 37.2 Å². The van der Waals surface area contributed by atoms with E-state index in [2.05, 4.69) is 20.6 Å². The number of hydrogen-bond donors (Lipinski definition) is 2. The number of pyridine rings is 1. The second kappa shape index (κ2) is 8.69. The molecule has 1 aromatic rings. The number of aryl methyl sites for hydroxylation is 1. The van der Waals surface area contributed by atoms with Crippen LogP contribution in [-0.4, -0.2) is 66.8 Å². The van der Waals surface area contributed by atoms with Gasteiger partial charge in [-0.2, -0.15) is 0 Å². The maximum atomic E-state index is 12.2. The van der Waals surface area contributed by atoms with Crippen LogP contribution in [-0.2, 0) is 14.6 Å². The molecule has 0 atom stereocenters. The smallest absolute Gasteiger partial charge is 0.227 e. The van der Waals surface area contributed by atoms with Crippen molar-refractivity contribution < 1.29 is 13.2 Å². The van der Waals surface area contributed by atoms with Crippen molar-refractivity contribution in [2.45, 2.75) is 38.9 Å². The Morgan fingerprint density at radius 1 is 1.37 bits per heavy atom. The van der Waals surface area contributed by atoms with E-state index in [9.17, 15) is 13.2 Å². The van der Waals surface area contributed by atoms with Gasteiger partial charge in [0.2, 0.25) is 5.91 Å². The third kappa shape index (κ3) is 5.66. The van der Waals surface area contributed by atoms with E-state index in [1.54, 1.807) is 19.9 Å². The number of carbonyl (C=O) groups is 1. The second-order valence-corrected chi connectivity index (χ2v) is 9.94. The number of guanidine groups is 1. The van der Waals surface area contributed by atoms with E-state index < -0.39 is 14.6 Å². The number of carbonyl (C=O) groups excluding carboxylic acids is 1. The number of sulfone groups is 1. The highest BCUT2D eigenvalue weighted by Gasteiger charge is 2.40. The topological polar surface area (TPSA) is 104 Å². The van der Waals surface area contributed by atoms with Crippen LogP contribution in [0.5, 0.6) is 0 Å². The molecule has 8 nitrogen and oxygen atoms in total. The van der Waals surface area contributed by atoms with E-state index in [4.69, 9.17) is 0 Å². The molecule has 1 fully saturated rings. The predicted molar refractivity (Wildman–Crippen MR) is 108 cm³/mol. The van der Waals surface area contributed by atoms with E-state index >= 15 is 0 Å². The molecule has 0 radical (unpaired) electrons. The fourth-order valence-corrected chi connectivity index (χ4v) is 4.20. The molecule has 0 bridgehead atoms. The Hall–Kier alpha value is -2.16. The minimum absolute atomic E-state index is 0.101. The molecule has 0 unspecified atom stereocenters. The van der Waals surface area contributed by atoms with Crippen molar-refractivity contribution in [2.24, 2.45) is 4.99 Å². The molecule has 1 aliphatic heterocycles. The molecule has 2 heterocycles. The molecular formula is C18H29N5O3S. The number of nitrogens with one attached hydrogen (secondary N) is 2. The summed E-state index contributed by atoms with van der Waals surface area (Å²) in [7, 11) is -3.11. The lowest BCUT2D eigenvalue weighted by Gasteiger charge is -2.39. The maximum Gasteiger partial charge on any atom is 0.227 e.